The van der Waals surface area contributed by atoms with Gasteiger partial charge in [-0.25, -0.2) is 4.39 Å². The average molecular weight is 488 g/mol. The van der Waals surface area contributed by atoms with Crippen LogP contribution in [-0.4, -0.2) is 11.3 Å². The molecule has 1 heterocycles. The summed E-state index contributed by atoms with van der Waals surface area (Å²) in [7, 11) is 0. The van der Waals surface area contributed by atoms with Gasteiger partial charge in [0.15, 0.2) is 0 Å². The van der Waals surface area contributed by atoms with E-state index in [-0.39, 0.29) is 39.2 Å². The van der Waals surface area contributed by atoms with Gasteiger partial charge in [0, 0.05) is 23.4 Å². The molecular formula is C24H14ClF4N3O2. The van der Waals surface area contributed by atoms with Gasteiger partial charge in [-0.2, -0.15) is 18.4 Å². The molecule has 3 N–H and O–H groups in total. The molecular weight excluding hydrogens is 474 g/mol. The van der Waals surface area contributed by atoms with E-state index < -0.39 is 23.5 Å². The van der Waals surface area contributed by atoms with Gasteiger partial charge in [0.1, 0.15) is 29.0 Å². The quantitative estimate of drug-likeness (QED) is 0.341. The summed E-state index contributed by atoms with van der Waals surface area (Å²) in [5.41, 5.74) is 5.73. The molecule has 0 aliphatic carbocycles. The van der Waals surface area contributed by atoms with Gasteiger partial charge in [0.25, 0.3) is 0 Å². The SMILES string of the molecule is N#CC1=C(N)Oc2cc(O)c(C=Nc3cc(C(F)(F)F)ccc3Cl)cc2C1c1cccc(F)c1. The molecule has 0 bridgehead atoms. The second-order valence-corrected chi connectivity index (χ2v) is 7.76. The smallest absolute Gasteiger partial charge is 0.416 e. The van der Waals surface area contributed by atoms with Gasteiger partial charge in [0.05, 0.1) is 22.2 Å². The van der Waals surface area contributed by atoms with Gasteiger partial charge in [-0.15, -0.1) is 0 Å². The zero-order chi connectivity index (χ0) is 24.6. The van der Waals surface area contributed by atoms with E-state index in [1.165, 1.54) is 30.3 Å². The standard InChI is InChI=1S/C24H14ClF4N3O2/c25-18-5-4-14(24(27,28)29)8-19(18)32-11-13-7-16-21(9-20(13)33)34-23(31)17(10-30)22(16)12-2-1-3-15(26)6-12/h1-9,11,22,33H,31H2. The lowest BCUT2D eigenvalue weighted by atomic mass is 9.83. The molecule has 1 unspecified atom stereocenters. The van der Waals surface area contributed by atoms with Crippen LogP contribution in [0.2, 0.25) is 5.02 Å². The number of halogens is 5. The molecule has 0 aromatic heterocycles. The number of phenolic OH excluding ortho intramolecular Hbond substituents is 1. The lowest BCUT2D eigenvalue weighted by molar-refractivity contribution is -0.137. The third kappa shape index (κ3) is 4.40. The van der Waals surface area contributed by atoms with Gasteiger partial charge in [-0.05, 0) is 42.0 Å². The van der Waals surface area contributed by atoms with Crippen LogP contribution in [0.1, 0.15) is 28.2 Å². The number of benzene rings is 3. The van der Waals surface area contributed by atoms with E-state index >= 15 is 0 Å². The molecule has 0 saturated heterocycles. The average Bonchev–Trinajstić information content (AvgIpc) is 2.77. The summed E-state index contributed by atoms with van der Waals surface area (Å²) in [5.74, 6) is -1.70. The Hall–Kier alpha value is -4.03. The van der Waals surface area contributed by atoms with Gasteiger partial charge < -0.3 is 15.6 Å². The van der Waals surface area contributed by atoms with E-state index in [0.717, 1.165) is 24.4 Å². The number of nitrogens with zero attached hydrogens (tertiary/aromatic N) is 2. The molecule has 3 aromatic rings. The first kappa shape index (κ1) is 23.1. The van der Waals surface area contributed by atoms with Crippen molar-refractivity contribution in [3.05, 3.63) is 99.1 Å². The van der Waals surface area contributed by atoms with Gasteiger partial charge in [-0.3, -0.25) is 4.99 Å². The summed E-state index contributed by atoms with van der Waals surface area (Å²) in [6.07, 6.45) is -3.45. The number of rotatable bonds is 3. The zero-order valence-corrected chi connectivity index (χ0v) is 17.8. The molecule has 0 saturated carbocycles. The molecule has 0 spiro atoms. The van der Waals surface area contributed by atoms with Crippen LogP contribution in [0, 0.1) is 17.1 Å². The van der Waals surface area contributed by atoms with Crippen LogP contribution in [0.25, 0.3) is 0 Å². The van der Waals surface area contributed by atoms with E-state index in [2.05, 4.69) is 4.99 Å². The van der Waals surface area contributed by atoms with Crippen molar-refractivity contribution in [3.63, 3.8) is 0 Å². The molecule has 1 aliphatic rings. The number of nitriles is 1. The number of ether oxygens (including phenoxy) is 1. The van der Waals surface area contributed by atoms with Crippen molar-refractivity contribution in [2.75, 3.05) is 0 Å². The third-order valence-corrected chi connectivity index (χ3v) is 5.48. The fourth-order valence-corrected chi connectivity index (χ4v) is 3.74. The van der Waals surface area contributed by atoms with Crippen molar-refractivity contribution < 1.29 is 27.4 Å². The van der Waals surface area contributed by atoms with Crippen molar-refractivity contribution in [1.82, 2.24) is 0 Å². The number of hydrogen-bond donors (Lipinski definition) is 2. The summed E-state index contributed by atoms with van der Waals surface area (Å²) in [5, 5.41) is 20.1. The minimum absolute atomic E-state index is 0.0230. The maximum atomic E-state index is 13.9. The molecule has 3 aromatic carbocycles. The number of nitrogens with two attached hydrogens (primary N) is 1. The number of phenols is 1. The molecule has 1 atom stereocenters. The molecule has 1 aliphatic heterocycles. The molecule has 4 rings (SSSR count). The van der Waals surface area contributed by atoms with E-state index in [4.69, 9.17) is 22.1 Å². The van der Waals surface area contributed by atoms with Crippen molar-refractivity contribution >= 4 is 23.5 Å². The lowest BCUT2D eigenvalue weighted by Crippen LogP contribution is -2.21. The van der Waals surface area contributed by atoms with Gasteiger partial charge in [-0.1, -0.05) is 23.7 Å². The summed E-state index contributed by atoms with van der Waals surface area (Å²) < 4.78 is 58.5. The first-order chi connectivity index (χ1) is 16.1. The van der Waals surface area contributed by atoms with E-state index in [1.807, 2.05) is 6.07 Å². The first-order valence-electron chi connectivity index (χ1n) is 9.69. The number of aliphatic imine (C=N–C) groups is 1. The highest BCUT2D eigenvalue weighted by Crippen LogP contribution is 2.44. The van der Waals surface area contributed by atoms with Crippen LogP contribution in [-0.2, 0) is 6.18 Å². The molecule has 172 valence electrons. The Kier molecular flexibility index (Phi) is 5.94. The number of alkyl halides is 3. The van der Waals surface area contributed by atoms with Crippen LogP contribution < -0.4 is 10.5 Å². The predicted molar refractivity (Wildman–Crippen MR) is 118 cm³/mol. The highest BCUT2D eigenvalue weighted by atomic mass is 35.5. The van der Waals surface area contributed by atoms with E-state index in [9.17, 15) is 27.9 Å². The van der Waals surface area contributed by atoms with E-state index in [1.54, 1.807) is 6.07 Å². The number of aromatic hydroxyl groups is 1. The Morgan fingerprint density at radius 1 is 1.15 bits per heavy atom. The fourth-order valence-electron chi connectivity index (χ4n) is 3.57. The number of hydrogen-bond acceptors (Lipinski definition) is 5. The molecule has 0 radical (unpaired) electrons. The van der Waals surface area contributed by atoms with Crippen molar-refractivity contribution in [2.24, 2.45) is 10.7 Å². The molecule has 0 amide bonds. The Morgan fingerprint density at radius 2 is 1.91 bits per heavy atom. The maximum absolute atomic E-state index is 13.9. The minimum Gasteiger partial charge on any atom is -0.507 e. The van der Waals surface area contributed by atoms with Crippen LogP contribution >= 0.6 is 11.6 Å². The van der Waals surface area contributed by atoms with Crippen LogP contribution in [0.5, 0.6) is 11.5 Å². The molecule has 34 heavy (non-hydrogen) atoms. The lowest BCUT2D eigenvalue weighted by Gasteiger charge is -2.27. The monoisotopic (exact) mass is 487 g/mol. The topological polar surface area (TPSA) is 91.6 Å². The third-order valence-electron chi connectivity index (χ3n) is 5.16. The summed E-state index contributed by atoms with van der Waals surface area (Å²) in [6.45, 7) is 0. The maximum Gasteiger partial charge on any atom is 0.416 e. The zero-order valence-electron chi connectivity index (χ0n) is 17.1. The van der Waals surface area contributed by atoms with Crippen LogP contribution in [0.15, 0.2) is 71.0 Å². The molecule has 10 heteroatoms. The van der Waals surface area contributed by atoms with Gasteiger partial charge >= 0.3 is 6.18 Å². The number of fused-ring (bicyclic) bond motifs is 1. The van der Waals surface area contributed by atoms with Crippen molar-refractivity contribution in [1.29, 1.82) is 5.26 Å². The largest absolute Gasteiger partial charge is 0.507 e. The Balaban J connectivity index is 1.81. The number of allylic oxidation sites excluding steroid dienone is 1. The fraction of sp³-hybridized carbons (Fsp3) is 0.0833. The van der Waals surface area contributed by atoms with Crippen LogP contribution in [0.3, 0.4) is 0 Å². The Labute approximate surface area is 196 Å². The minimum atomic E-state index is -4.59. The molecule has 5 nitrogen and oxygen atoms in total. The highest BCUT2D eigenvalue weighted by Gasteiger charge is 2.32. The summed E-state index contributed by atoms with van der Waals surface area (Å²) in [6, 6.07) is 12.9. The first-order valence-corrected chi connectivity index (χ1v) is 10.1. The van der Waals surface area contributed by atoms with E-state index in [0.29, 0.717) is 11.1 Å². The van der Waals surface area contributed by atoms with Gasteiger partial charge in [0.2, 0.25) is 5.88 Å². The van der Waals surface area contributed by atoms with Crippen molar-refractivity contribution in [3.8, 4) is 17.6 Å². The second-order valence-electron chi connectivity index (χ2n) is 7.35. The Morgan fingerprint density at radius 3 is 2.59 bits per heavy atom. The Bertz CT molecular complexity index is 1390. The predicted octanol–water partition coefficient (Wildman–Crippen LogP) is 6.17. The molecule has 0 fully saturated rings. The second kappa shape index (κ2) is 8.72. The normalized spacial score (nSPS) is 15.7. The summed E-state index contributed by atoms with van der Waals surface area (Å²) >= 11 is 5.98. The highest BCUT2D eigenvalue weighted by molar-refractivity contribution is 6.33. The summed E-state index contributed by atoms with van der Waals surface area (Å²) in [4.78, 5) is 4.01. The van der Waals surface area contributed by atoms with Crippen LogP contribution in [0.4, 0.5) is 23.2 Å². The van der Waals surface area contributed by atoms with Crippen molar-refractivity contribution in [2.45, 2.75) is 12.1 Å².